The molecule has 0 heterocycles. The molecule has 0 aliphatic heterocycles. The minimum absolute atomic E-state index is 0.0965. The SMILES string of the molecule is CC(=O)/C(Cl)=N/Nc1cccc(C(F)(F)F)c1. The number of nitrogens with one attached hydrogen (secondary N) is 1. The van der Waals surface area contributed by atoms with Crippen molar-refractivity contribution < 1.29 is 18.0 Å². The number of benzene rings is 1. The molecule has 0 aliphatic rings. The van der Waals surface area contributed by atoms with Crippen LogP contribution in [0.1, 0.15) is 12.5 Å². The Morgan fingerprint density at radius 3 is 2.59 bits per heavy atom. The topological polar surface area (TPSA) is 41.5 Å². The van der Waals surface area contributed by atoms with Crippen molar-refractivity contribution in [1.82, 2.24) is 0 Å². The summed E-state index contributed by atoms with van der Waals surface area (Å²) in [4.78, 5) is 10.7. The van der Waals surface area contributed by atoms with Gasteiger partial charge < -0.3 is 0 Å². The Kier molecular flexibility index (Phi) is 4.11. The molecule has 7 heteroatoms. The van der Waals surface area contributed by atoms with E-state index in [0.717, 1.165) is 12.1 Å². The molecule has 92 valence electrons. The Balaban J connectivity index is 2.87. The molecule has 0 amide bonds. The van der Waals surface area contributed by atoms with Crippen molar-refractivity contribution >= 4 is 28.2 Å². The van der Waals surface area contributed by atoms with Gasteiger partial charge in [0.15, 0.2) is 11.0 Å². The van der Waals surface area contributed by atoms with Gasteiger partial charge in [0, 0.05) is 6.92 Å². The summed E-state index contributed by atoms with van der Waals surface area (Å²) >= 11 is 5.41. The maximum absolute atomic E-state index is 12.4. The molecule has 3 nitrogen and oxygen atoms in total. The third-order valence-electron chi connectivity index (χ3n) is 1.76. The largest absolute Gasteiger partial charge is 0.416 e. The predicted octanol–water partition coefficient (Wildman–Crippen LogP) is 3.26. The van der Waals surface area contributed by atoms with Gasteiger partial charge in [-0.3, -0.25) is 10.2 Å². The van der Waals surface area contributed by atoms with Crippen LogP contribution in [0.3, 0.4) is 0 Å². The first kappa shape index (κ1) is 13.5. The number of hydrogen-bond acceptors (Lipinski definition) is 3. The molecule has 1 N–H and O–H groups in total. The van der Waals surface area contributed by atoms with Crippen LogP contribution in [-0.2, 0) is 11.0 Å². The number of ketones is 1. The number of rotatable bonds is 3. The number of nitrogens with zero attached hydrogens (tertiary/aromatic N) is 1. The second kappa shape index (κ2) is 5.18. The second-order valence-corrected chi connectivity index (χ2v) is 3.51. The van der Waals surface area contributed by atoms with Crippen LogP contribution in [0.25, 0.3) is 0 Å². The van der Waals surface area contributed by atoms with E-state index in [1.165, 1.54) is 19.1 Å². The highest BCUT2D eigenvalue weighted by molar-refractivity contribution is 6.82. The average Bonchev–Trinajstić information content (AvgIpc) is 2.25. The number of hydrazone groups is 1. The zero-order valence-electron chi connectivity index (χ0n) is 8.68. The smallest absolute Gasteiger partial charge is 0.292 e. The van der Waals surface area contributed by atoms with E-state index in [1.807, 2.05) is 0 Å². The van der Waals surface area contributed by atoms with E-state index >= 15 is 0 Å². The Bertz CT molecular complexity index is 457. The molecule has 0 aliphatic carbocycles. The van der Waals surface area contributed by atoms with Crippen LogP contribution in [0.5, 0.6) is 0 Å². The van der Waals surface area contributed by atoms with Crippen LogP contribution in [-0.4, -0.2) is 11.0 Å². The highest BCUT2D eigenvalue weighted by Gasteiger charge is 2.30. The quantitative estimate of drug-likeness (QED) is 0.672. The first-order valence-corrected chi connectivity index (χ1v) is 4.86. The number of anilines is 1. The van der Waals surface area contributed by atoms with Gasteiger partial charge >= 0.3 is 6.18 Å². The van der Waals surface area contributed by atoms with Crippen LogP contribution < -0.4 is 5.43 Å². The predicted molar refractivity (Wildman–Crippen MR) is 59.0 cm³/mol. The van der Waals surface area contributed by atoms with Crippen molar-refractivity contribution in [3.8, 4) is 0 Å². The molecule has 0 aromatic heterocycles. The lowest BCUT2D eigenvalue weighted by atomic mass is 10.2. The molecule has 1 aromatic rings. The van der Waals surface area contributed by atoms with Gasteiger partial charge in [-0.1, -0.05) is 17.7 Å². The van der Waals surface area contributed by atoms with E-state index in [-0.39, 0.29) is 10.9 Å². The monoisotopic (exact) mass is 264 g/mol. The Labute approximate surface area is 100 Å². The Morgan fingerprint density at radius 1 is 1.41 bits per heavy atom. The van der Waals surface area contributed by atoms with Crippen LogP contribution in [0.15, 0.2) is 29.4 Å². The first-order chi connectivity index (χ1) is 7.80. The van der Waals surface area contributed by atoms with E-state index in [4.69, 9.17) is 11.6 Å². The van der Waals surface area contributed by atoms with Crippen LogP contribution in [0.2, 0.25) is 0 Å². The van der Waals surface area contributed by atoms with Gasteiger partial charge in [0.05, 0.1) is 11.3 Å². The fraction of sp³-hybridized carbons (Fsp3) is 0.200. The van der Waals surface area contributed by atoms with Crippen molar-refractivity contribution in [3.05, 3.63) is 29.8 Å². The lowest BCUT2D eigenvalue weighted by Crippen LogP contribution is -2.07. The maximum atomic E-state index is 12.4. The highest BCUT2D eigenvalue weighted by Crippen LogP contribution is 2.30. The van der Waals surface area contributed by atoms with Gasteiger partial charge in [0.25, 0.3) is 0 Å². The minimum Gasteiger partial charge on any atom is -0.292 e. The van der Waals surface area contributed by atoms with Gasteiger partial charge in [-0.2, -0.15) is 18.3 Å². The summed E-state index contributed by atoms with van der Waals surface area (Å²) in [6.45, 7) is 1.19. The molecule has 0 saturated carbocycles. The molecule has 17 heavy (non-hydrogen) atoms. The molecular weight excluding hydrogens is 257 g/mol. The molecule has 0 spiro atoms. The van der Waals surface area contributed by atoms with Crippen LogP contribution >= 0.6 is 11.6 Å². The number of carbonyl (C=O) groups excluding carboxylic acids is 1. The lowest BCUT2D eigenvalue weighted by Gasteiger charge is -2.08. The minimum atomic E-state index is -4.42. The van der Waals surface area contributed by atoms with Crippen molar-refractivity contribution in [1.29, 1.82) is 0 Å². The summed E-state index contributed by atoms with van der Waals surface area (Å²) in [6.07, 6.45) is -4.42. The summed E-state index contributed by atoms with van der Waals surface area (Å²) in [5.74, 6) is -0.480. The number of carbonyl (C=O) groups is 1. The van der Waals surface area contributed by atoms with Crippen LogP contribution in [0.4, 0.5) is 18.9 Å². The molecule has 0 saturated heterocycles. The summed E-state index contributed by atoms with van der Waals surface area (Å²) in [5, 5.41) is 3.10. The van der Waals surface area contributed by atoms with E-state index in [0.29, 0.717) is 0 Å². The van der Waals surface area contributed by atoms with Crippen molar-refractivity contribution in [2.45, 2.75) is 13.1 Å². The number of hydrogen-bond donors (Lipinski definition) is 1. The fourth-order valence-electron chi connectivity index (χ4n) is 0.957. The van der Waals surface area contributed by atoms with Crippen molar-refractivity contribution in [2.75, 3.05) is 5.43 Å². The standard InChI is InChI=1S/C10H8ClF3N2O/c1-6(17)9(11)16-15-8-4-2-3-7(5-8)10(12,13)14/h2-5,15H,1H3/b16-9-. The third-order valence-corrected chi connectivity index (χ3v) is 2.11. The molecule has 0 bridgehead atoms. The molecule has 0 fully saturated rings. The summed E-state index contributed by atoms with van der Waals surface area (Å²) in [7, 11) is 0. The second-order valence-electron chi connectivity index (χ2n) is 3.15. The fourth-order valence-corrected chi connectivity index (χ4v) is 1.000. The summed E-state index contributed by atoms with van der Waals surface area (Å²) in [6, 6.07) is 4.40. The van der Waals surface area contributed by atoms with E-state index in [2.05, 4.69) is 10.5 Å². The average molecular weight is 265 g/mol. The van der Waals surface area contributed by atoms with Gasteiger partial charge in [0.1, 0.15) is 0 Å². The number of halogens is 4. The molecule has 1 rings (SSSR count). The van der Waals surface area contributed by atoms with E-state index in [1.54, 1.807) is 0 Å². The summed E-state index contributed by atoms with van der Waals surface area (Å²) in [5.41, 5.74) is 1.56. The van der Waals surface area contributed by atoms with Crippen LogP contribution in [0, 0.1) is 0 Å². The Hall–Kier alpha value is -1.56. The number of Topliss-reactive ketones (excluding diaryl/α,β-unsaturated/α-hetero) is 1. The van der Waals surface area contributed by atoms with Gasteiger partial charge in [0.2, 0.25) is 0 Å². The van der Waals surface area contributed by atoms with Gasteiger partial charge in [-0.05, 0) is 18.2 Å². The van der Waals surface area contributed by atoms with Crippen molar-refractivity contribution in [2.24, 2.45) is 5.10 Å². The molecule has 1 aromatic carbocycles. The van der Waals surface area contributed by atoms with E-state index in [9.17, 15) is 18.0 Å². The van der Waals surface area contributed by atoms with Gasteiger partial charge in [-0.25, -0.2) is 0 Å². The molecule has 0 atom stereocenters. The molecule has 0 radical (unpaired) electrons. The zero-order chi connectivity index (χ0) is 13.1. The zero-order valence-corrected chi connectivity index (χ0v) is 9.43. The third kappa shape index (κ3) is 4.07. The van der Waals surface area contributed by atoms with Crippen molar-refractivity contribution in [3.63, 3.8) is 0 Å². The Morgan fingerprint density at radius 2 is 2.06 bits per heavy atom. The normalized spacial score (nSPS) is 12.4. The first-order valence-electron chi connectivity index (χ1n) is 4.48. The highest BCUT2D eigenvalue weighted by atomic mass is 35.5. The van der Waals surface area contributed by atoms with Gasteiger partial charge in [-0.15, -0.1) is 0 Å². The number of alkyl halides is 3. The maximum Gasteiger partial charge on any atom is 0.416 e. The summed E-state index contributed by atoms with van der Waals surface area (Å²) < 4.78 is 37.1. The van der Waals surface area contributed by atoms with E-state index < -0.39 is 17.5 Å². The molecule has 0 unspecified atom stereocenters. The molecular formula is C10H8ClF3N2O. The lowest BCUT2D eigenvalue weighted by molar-refractivity contribution is -0.137.